The number of alkyl halides is 4. The minimum absolute atomic E-state index is 0.135. The zero-order valence-corrected chi connectivity index (χ0v) is 17.9. The fourth-order valence-electron chi connectivity index (χ4n) is 3.94. The van der Waals surface area contributed by atoms with Crippen molar-refractivity contribution in [3.05, 3.63) is 76.4 Å². The van der Waals surface area contributed by atoms with Gasteiger partial charge in [0.2, 0.25) is 0 Å². The molecule has 1 amide bonds. The van der Waals surface area contributed by atoms with Crippen molar-refractivity contribution in [3.63, 3.8) is 0 Å². The van der Waals surface area contributed by atoms with Crippen LogP contribution in [0.3, 0.4) is 0 Å². The number of amides is 1. The molecular weight excluding hydrogens is 440 g/mol. The first-order valence-electron chi connectivity index (χ1n) is 10.2. The fourth-order valence-corrected chi connectivity index (χ4v) is 3.94. The maximum Gasteiger partial charge on any atom is 0.416 e. The van der Waals surface area contributed by atoms with Gasteiger partial charge in [-0.25, -0.2) is 4.39 Å². The molecule has 1 aliphatic heterocycles. The van der Waals surface area contributed by atoms with Crippen LogP contribution in [0.15, 0.2) is 42.6 Å². The highest BCUT2D eigenvalue weighted by Gasteiger charge is 2.35. The zero-order chi connectivity index (χ0) is 23.9. The smallest absolute Gasteiger partial charge is 0.305 e. The van der Waals surface area contributed by atoms with E-state index in [1.54, 1.807) is 13.0 Å². The third kappa shape index (κ3) is 4.37. The van der Waals surface area contributed by atoms with Crippen molar-refractivity contribution >= 4 is 17.4 Å². The van der Waals surface area contributed by atoms with Crippen LogP contribution in [-0.2, 0) is 19.3 Å². The molecule has 3 aromatic rings. The van der Waals surface area contributed by atoms with Crippen molar-refractivity contribution in [1.29, 1.82) is 0 Å². The van der Waals surface area contributed by atoms with E-state index in [0.717, 1.165) is 12.1 Å². The number of halogens is 4. The van der Waals surface area contributed by atoms with Crippen LogP contribution in [0.25, 0.3) is 0 Å². The lowest BCUT2D eigenvalue weighted by molar-refractivity contribution is -0.137. The molecule has 0 fully saturated rings. The molecule has 33 heavy (non-hydrogen) atoms. The summed E-state index contributed by atoms with van der Waals surface area (Å²) in [6.45, 7) is 2.90. The Hall–Kier alpha value is -3.56. The summed E-state index contributed by atoms with van der Waals surface area (Å²) < 4.78 is 53.2. The van der Waals surface area contributed by atoms with Gasteiger partial charge in [0.05, 0.1) is 23.5 Å². The molecule has 0 unspecified atom stereocenters. The summed E-state index contributed by atoms with van der Waals surface area (Å²) in [5, 5.41) is 4.26. The van der Waals surface area contributed by atoms with Crippen LogP contribution < -0.4 is 4.90 Å². The number of aromatic nitrogens is 3. The van der Waals surface area contributed by atoms with Crippen LogP contribution in [0.5, 0.6) is 0 Å². The number of anilines is 1. The third-order valence-corrected chi connectivity index (χ3v) is 5.51. The van der Waals surface area contributed by atoms with Gasteiger partial charge in [-0.1, -0.05) is 0 Å². The highest BCUT2D eigenvalue weighted by atomic mass is 19.4. The van der Waals surface area contributed by atoms with Crippen LogP contribution >= 0.6 is 0 Å². The lowest BCUT2D eigenvalue weighted by Gasteiger charge is -2.32. The number of fused-ring (bicyclic) bond motifs is 1. The van der Waals surface area contributed by atoms with Gasteiger partial charge in [0.15, 0.2) is 5.78 Å². The molecule has 0 saturated heterocycles. The highest BCUT2D eigenvalue weighted by molar-refractivity contribution is 6.08. The Labute approximate surface area is 186 Å². The van der Waals surface area contributed by atoms with Crippen molar-refractivity contribution in [3.8, 4) is 0 Å². The second kappa shape index (κ2) is 8.42. The molecule has 0 spiro atoms. The number of aryl methyl sites for hydroxylation is 1. The van der Waals surface area contributed by atoms with Gasteiger partial charge in [-0.05, 0) is 50.2 Å². The first-order chi connectivity index (χ1) is 15.6. The summed E-state index contributed by atoms with van der Waals surface area (Å²) in [5.41, 5.74) is 1.05. The maximum atomic E-state index is 13.3. The molecular formula is C23H20F4N4O2. The van der Waals surface area contributed by atoms with Crippen molar-refractivity contribution in [1.82, 2.24) is 14.8 Å². The monoisotopic (exact) mass is 460 g/mol. The molecule has 1 aromatic carbocycles. The number of hydrogen-bond acceptors (Lipinski definition) is 4. The standard InChI is InChI=1S/C23H20F4N4O2/c1-13-7-15(8-18(10-24)29-13)20(32)9-16-11-28-31-14(2)12-30(22(33)21(16)31)19-5-3-17(4-6-19)23(25,26)27/h3-8,11,14H,9-10,12H2,1-2H3/t14-/m0/s1. The Balaban J connectivity index is 1.63. The minimum atomic E-state index is -4.47. The molecule has 6 nitrogen and oxygen atoms in total. The molecule has 3 heterocycles. The van der Waals surface area contributed by atoms with Gasteiger partial charge in [0.1, 0.15) is 12.4 Å². The second-order valence-electron chi connectivity index (χ2n) is 7.99. The summed E-state index contributed by atoms with van der Waals surface area (Å²) in [6, 6.07) is 7.03. The number of benzene rings is 1. The molecule has 0 saturated carbocycles. The molecule has 172 valence electrons. The topological polar surface area (TPSA) is 68.1 Å². The van der Waals surface area contributed by atoms with Crippen LogP contribution in [0.4, 0.5) is 23.2 Å². The quantitative estimate of drug-likeness (QED) is 0.408. The molecule has 0 aliphatic carbocycles. The lowest BCUT2D eigenvalue weighted by Crippen LogP contribution is -2.43. The Kier molecular flexibility index (Phi) is 5.77. The average molecular weight is 460 g/mol. The molecule has 10 heteroatoms. The number of Topliss-reactive ketones (excluding diaryl/α,β-unsaturated/α-hetero) is 1. The number of carbonyl (C=O) groups is 2. The molecule has 0 bridgehead atoms. The predicted octanol–water partition coefficient (Wildman–Crippen LogP) is 4.72. The van der Waals surface area contributed by atoms with E-state index < -0.39 is 24.3 Å². The molecule has 4 rings (SSSR count). The zero-order valence-electron chi connectivity index (χ0n) is 17.9. The average Bonchev–Trinajstić information content (AvgIpc) is 3.19. The maximum absolute atomic E-state index is 13.3. The molecule has 2 aromatic heterocycles. The summed E-state index contributed by atoms with van der Waals surface area (Å²) in [7, 11) is 0. The summed E-state index contributed by atoms with van der Waals surface area (Å²) in [4.78, 5) is 31.5. The predicted molar refractivity (Wildman–Crippen MR) is 112 cm³/mol. The summed E-state index contributed by atoms with van der Waals surface area (Å²) in [6.07, 6.45) is -3.16. The van der Waals surface area contributed by atoms with E-state index in [1.165, 1.54) is 34.0 Å². The van der Waals surface area contributed by atoms with Gasteiger partial charge in [-0.15, -0.1) is 0 Å². The number of rotatable bonds is 5. The summed E-state index contributed by atoms with van der Waals surface area (Å²) in [5.74, 6) is -0.776. The van der Waals surface area contributed by atoms with Gasteiger partial charge >= 0.3 is 6.18 Å². The Bertz CT molecular complexity index is 1220. The van der Waals surface area contributed by atoms with E-state index in [2.05, 4.69) is 10.1 Å². The van der Waals surface area contributed by atoms with Crippen LogP contribution in [0.1, 0.15) is 56.3 Å². The molecule has 0 radical (unpaired) electrons. The first kappa shape index (κ1) is 22.6. The largest absolute Gasteiger partial charge is 0.416 e. The van der Waals surface area contributed by atoms with E-state index in [9.17, 15) is 27.2 Å². The SMILES string of the molecule is Cc1cc(C(=O)Cc2cnn3c2C(=O)N(c2ccc(C(F)(F)F)cc2)C[C@@H]3C)cc(CF)n1. The number of nitrogens with zero attached hydrogens (tertiary/aromatic N) is 4. The normalized spacial score (nSPS) is 16.1. The number of hydrogen-bond donors (Lipinski definition) is 0. The van der Waals surface area contributed by atoms with Gasteiger partial charge < -0.3 is 4.90 Å². The summed E-state index contributed by atoms with van der Waals surface area (Å²) >= 11 is 0. The third-order valence-electron chi connectivity index (χ3n) is 5.51. The number of carbonyl (C=O) groups excluding carboxylic acids is 2. The van der Waals surface area contributed by atoms with Crippen molar-refractivity contribution in [2.75, 3.05) is 11.4 Å². The van der Waals surface area contributed by atoms with Gasteiger partial charge in [0, 0.05) is 35.5 Å². The molecule has 1 atom stereocenters. The van der Waals surface area contributed by atoms with Crippen molar-refractivity contribution < 1.29 is 27.2 Å². The van der Waals surface area contributed by atoms with E-state index in [4.69, 9.17) is 0 Å². The Morgan fingerprint density at radius 1 is 1.18 bits per heavy atom. The number of ketones is 1. The molecule has 1 aliphatic rings. The van der Waals surface area contributed by atoms with Crippen molar-refractivity contribution in [2.24, 2.45) is 0 Å². The van der Waals surface area contributed by atoms with Crippen LogP contribution in [0, 0.1) is 6.92 Å². The lowest BCUT2D eigenvalue weighted by atomic mass is 10.0. The van der Waals surface area contributed by atoms with E-state index in [1.807, 2.05) is 6.92 Å². The highest BCUT2D eigenvalue weighted by Crippen LogP contribution is 2.33. The first-order valence-corrected chi connectivity index (χ1v) is 10.2. The fraction of sp³-hybridized carbons (Fsp3) is 0.304. The Morgan fingerprint density at radius 3 is 2.52 bits per heavy atom. The van der Waals surface area contributed by atoms with Gasteiger partial charge in [0.25, 0.3) is 5.91 Å². The van der Waals surface area contributed by atoms with Crippen LogP contribution in [0.2, 0.25) is 0 Å². The second-order valence-corrected chi connectivity index (χ2v) is 7.99. The van der Waals surface area contributed by atoms with E-state index in [-0.39, 0.29) is 41.7 Å². The van der Waals surface area contributed by atoms with Crippen molar-refractivity contribution in [2.45, 2.75) is 39.2 Å². The van der Waals surface area contributed by atoms with E-state index in [0.29, 0.717) is 16.9 Å². The van der Waals surface area contributed by atoms with Crippen LogP contribution in [-0.4, -0.2) is 33.0 Å². The minimum Gasteiger partial charge on any atom is -0.305 e. The van der Waals surface area contributed by atoms with Gasteiger partial charge in [-0.2, -0.15) is 18.3 Å². The van der Waals surface area contributed by atoms with E-state index >= 15 is 0 Å². The van der Waals surface area contributed by atoms with Gasteiger partial charge in [-0.3, -0.25) is 19.3 Å². The number of pyridine rings is 1. The molecule has 0 N–H and O–H groups in total. The Morgan fingerprint density at radius 2 is 1.88 bits per heavy atom.